The number of nitrogens with zero attached hydrogens (tertiary/aromatic N) is 1. The Bertz CT molecular complexity index is 735. The highest BCUT2D eigenvalue weighted by Crippen LogP contribution is 2.49. The number of methoxy groups -OCH3 is 1. The number of benzene rings is 1. The number of amides is 2. The molecule has 0 spiro atoms. The van der Waals surface area contributed by atoms with Crippen LogP contribution in [0.1, 0.15) is 32.1 Å². The van der Waals surface area contributed by atoms with Gasteiger partial charge in [0.2, 0.25) is 5.91 Å². The fraction of sp³-hybridized carbons (Fsp3) is 0.571. The normalized spacial score (nSPS) is 22.6. The molecule has 2 saturated carbocycles. The first-order valence-electron chi connectivity index (χ1n) is 9.78. The van der Waals surface area contributed by atoms with Crippen molar-refractivity contribution in [2.45, 2.75) is 32.1 Å². The van der Waals surface area contributed by atoms with Crippen LogP contribution in [0.3, 0.4) is 0 Å². The van der Waals surface area contributed by atoms with Crippen LogP contribution >= 0.6 is 0 Å². The minimum Gasteiger partial charge on any atom is -0.497 e. The zero-order chi connectivity index (χ0) is 20.1. The van der Waals surface area contributed by atoms with E-state index in [1.165, 1.54) is 31.2 Å². The summed E-state index contributed by atoms with van der Waals surface area (Å²) in [5, 5.41) is 2.71. The molecule has 2 amide bonds. The molecule has 0 aromatic heterocycles. The van der Waals surface area contributed by atoms with Crippen molar-refractivity contribution in [2.75, 3.05) is 32.6 Å². The monoisotopic (exact) mass is 388 g/mol. The molecule has 2 bridgehead atoms. The first-order valence-corrected chi connectivity index (χ1v) is 9.78. The van der Waals surface area contributed by atoms with Gasteiger partial charge in [0, 0.05) is 25.2 Å². The standard InChI is InChI=1S/C21H28N2O5/c1-23(12-19(24)22-17-4-3-5-18(11-17)27-2)20(25)13-28-21(26)10-16-9-14-6-7-15(16)8-14/h3-5,11,14-16H,6-10,12-13H2,1-2H3,(H,22,24)/t14-,15+,16+/m0/s1. The van der Waals surface area contributed by atoms with Crippen LogP contribution in [0, 0.1) is 17.8 Å². The summed E-state index contributed by atoms with van der Waals surface area (Å²) < 4.78 is 10.3. The van der Waals surface area contributed by atoms with Crippen LogP contribution in [0.15, 0.2) is 24.3 Å². The average molecular weight is 388 g/mol. The van der Waals surface area contributed by atoms with E-state index in [9.17, 15) is 14.4 Å². The topological polar surface area (TPSA) is 84.9 Å². The number of esters is 1. The van der Waals surface area contributed by atoms with Gasteiger partial charge in [-0.05, 0) is 49.1 Å². The van der Waals surface area contributed by atoms with Crippen molar-refractivity contribution in [3.8, 4) is 5.75 Å². The molecule has 3 atom stereocenters. The van der Waals surface area contributed by atoms with Gasteiger partial charge in [-0.25, -0.2) is 0 Å². The zero-order valence-electron chi connectivity index (χ0n) is 16.5. The summed E-state index contributed by atoms with van der Waals surface area (Å²) in [4.78, 5) is 37.6. The Kier molecular flexibility index (Phi) is 6.54. The highest BCUT2D eigenvalue weighted by Gasteiger charge is 2.40. The number of likely N-dealkylation sites (N-methyl/N-ethyl adjacent to an activating group) is 1. The summed E-state index contributed by atoms with van der Waals surface area (Å²) in [6, 6.07) is 6.96. The SMILES string of the molecule is COc1cccc(NC(=O)CN(C)C(=O)COC(=O)C[C@H]2C[C@H]3CC[C@@H]2C3)c1. The molecule has 2 fully saturated rings. The lowest BCUT2D eigenvalue weighted by Gasteiger charge is -2.21. The van der Waals surface area contributed by atoms with Gasteiger partial charge in [-0.15, -0.1) is 0 Å². The Morgan fingerprint density at radius 1 is 1.21 bits per heavy atom. The number of anilines is 1. The third kappa shape index (κ3) is 5.24. The quantitative estimate of drug-likeness (QED) is 0.692. The van der Waals surface area contributed by atoms with Crippen LogP contribution in [0.25, 0.3) is 0 Å². The van der Waals surface area contributed by atoms with Crippen molar-refractivity contribution in [2.24, 2.45) is 17.8 Å². The number of carbonyl (C=O) groups excluding carboxylic acids is 3. The molecule has 1 aromatic carbocycles. The summed E-state index contributed by atoms with van der Waals surface area (Å²) >= 11 is 0. The Labute approximate surface area is 165 Å². The molecular formula is C21H28N2O5. The largest absolute Gasteiger partial charge is 0.497 e. The van der Waals surface area contributed by atoms with Gasteiger partial charge in [0.15, 0.2) is 6.61 Å². The number of fused-ring (bicyclic) bond motifs is 2. The second-order valence-electron chi connectivity index (χ2n) is 7.83. The molecule has 1 N–H and O–H groups in total. The lowest BCUT2D eigenvalue weighted by molar-refractivity contribution is -0.152. The second-order valence-corrected chi connectivity index (χ2v) is 7.83. The Morgan fingerprint density at radius 2 is 2.04 bits per heavy atom. The molecule has 2 aliphatic rings. The fourth-order valence-electron chi connectivity index (χ4n) is 4.36. The maximum absolute atomic E-state index is 12.1. The van der Waals surface area contributed by atoms with Crippen LogP contribution in [0.5, 0.6) is 5.75 Å². The third-order valence-corrected chi connectivity index (χ3v) is 5.83. The van der Waals surface area contributed by atoms with E-state index in [1.807, 2.05) is 0 Å². The third-order valence-electron chi connectivity index (χ3n) is 5.83. The minimum absolute atomic E-state index is 0.125. The Balaban J connectivity index is 1.37. The molecular weight excluding hydrogens is 360 g/mol. The average Bonchev–Trinajstić information content (AvgIpc) is 3.29. The maximum Gasteiger partial charge on any atom is 0.306 e. The maximum atomic E-state index is 12.1. The van der Waals surface area contributed by atoms with Crippen molar-refractivity contribution in [3.63, 3.8) is 0 Å². The summed E-state index contributed by atoms with van der Waals surface area (Å²) in [5.74, 6) is 1.41. The Morgan fingerprint density at radius 3 is 2.71 bits per heavy atom. The van der Waals surface area contributed by atoms with E-state index in [-0.39, 0.29) is 25.0 Å². The second kappa shape index (κ2) is 9.08. The number of rotatable bonds is 8. The van der Waals surface area contributed by atoms with E-state index in [2.05, 4.69) is 5.32 Å². The van der Waals surface area contributed by atoms with E-state index in [1.54, 1.807) is 31.4 Å². The Hall–Kier alpha value is -2.57. The lowest BCUT2D eigenvalue weighted by atomic mass is 9.86. The van der Waals surface area contributed by atoms with Gasteiger partial charge < -0.3 is 19.7 Å². The number of ether oxygens (including phenoxy) is 2. The molecule has 0 heterocycles. The van der Waals surface area contributed by atoms with Crippen LogP contribution < -0.4 is 10.1 Å². The van der Waals surface area contributed by atoms with Gasteiger partial charge in [-0.3, -0.25) is 14.4 Å². The summed E-state index contributed by atoms with van der Waals surface area (Å²) in [5.41, 5.74) is 0.586. The molecule has 3 rings (SSSR count). The predicted molar refractivity (Wildman–Crippen MR) is 104 cm³/mol. The highest BCUT2D eigenvalue weighted by molar-refractivity contribution is 5.94. The summed E-state index contributed by atoms with van der Waals surface area (Å²) in [7, 11) is 3.06. The molecule has 0 saturated heterocycles. The van der Waals surface area contributed by atoms with Gasteiger partial charge in [0.25, 0.3) is 5.91 Å². The van der Waals surface area contributed by atoms with E-state index in [0.717, 1.165) is 12.3 Å². The molecule has 1 aromatic rings. The molecule has 0 radical (unpaired) electrons. The smallest absolute Gasteiger partial charge is 0.306 e. The minimum atomic E-state index is -0.401. The number of hydrogen-bond acceptors (Lipinski definition) is 5. The van der Waals surface area contributed by atoms with Gasteiger partial charge in [-0.2, -0.15) is 0 Å². The van der Waals surface area contributed by atoms with Gasteiger partial charge in [0.05, 0.1) is 13.7 Å². The van der Waals surface area contributed by atoms with Crippen molar-refractivity contribution in [1.29, 1.82) is 0 Å². The van der Waals surface area contributed by atoms with Crippen molar-refractivity contribution in [1.82, 2.24) is 4.90 Å². The summed E-state index contributed by atoms with van der Waals surface area (Å²) in [6.07, 6.45) is 5.25. The molecule has 152 valence electrons. The molecule has 0 aliphatic heterocycles. The van der Waals surface area contributed by atoms with E-state index in [0.29, 0.717) is 29.7 Å². The molecule has 0 unspecified atom stereocenters. The number of hydrogen-bond donors (Lipinski definition) is 1. The predicted octanol–water partition coefficient (Wildman–Crippen LogP) is 2.46. The molecule has 7 heteroatoms. The van der Waals surface area contributed by atoms with Gasteiger partial charge in [-0.1, -0.05) is 12.5 Å². The van der Waals surface area contributed by atoms with Gasteiger partial charge in [0.1, 0.15) is 5.75 Å². The molecule has 28 heavy (non-hydrogen) atoms. The zero-order valence-corrected chi connectivity index (χ0v) is 16.5. The first kappa shape index (κ1) is 20.2. The first-order chi connectivity index (χ1) is 13.4. The molecule has 7 nitrogen and oxygen atoms in total. The van der Waals surface area contributed by atoms with E-state index >= 15 is 0 Å². The number of carbonyl (C=O) groups is 3. The van der Waals surface area contributed by atoms with E-state index in [4.69, 9.17) is 9.47 Å². The van der Waals surface area contributed by atoms with Crippen molar-refractivity contribution in [3.05, 3.63) is 24.3 Å². The van der Waals surface area contributed by atoms with Crippen molar-refractivity contribution >= 4 is 23.5 Å². The highest BCUT2D eigenvalue weighted by atomic mass is 16.5. The van der Waals surface area contributed by atoms with Gasteiger partial charge >= 0.3 is 5.97 Å². The lowest BCUT2D eigenvalue weighted by Crippen LogP contribution is -2.37. The number of nitrogens with one attached hydrogen (secondary N) is 1. The summed E-state index contributed by atoms with van der Waals surface area (Å²) in [6.45, 7) is -0.456. The van der Waals surface area contributed by atoms with E-state index < -0.39 is 5.91 Å². The van der Waals surface area contributed by atoms with Crippen LogP contribution in [0.4, 0.5) is 5.69 Å². The molecule has 2 aliphatic carbocycles. The van der Waals surface area contributed by atoms with Crippen LogP contribution in [-0.2, 0) is 19.1 Å². The van der Waals surface area contributed by atoms with Crippen LogP contribution in [0.2, 0.25) is 0 Å². The van der Waals surface area contributed by atoms with Crippen molar-refractivity contribution < 1.29 is 23.9 Å². The fourth-order valence-corrected chi connectivity index (χ4v) is 4.36. The van der Waals surface area contributed by atoms with Crippen LogP contribution in [-0.4, -0.2) is 50.0 Å².